The minimum absolute atomic E-state index is 0.0729. The molecule has 0 aromatic heterocycles. The second-order valence-electron chi connectivity index (χ2n) is 9.69. The molecule has 1 N–H and O–H groups in total. The topological polar surface area (TPSA) is 84.9 Å². The molecule has 7 nitrogen and oxygen atoms in total. The van der Waals surface area contributed by atoms with Crippen molar-refractivity contribution in [1.29, 1.82) is 0 Å². The van der Waals surface area contributed by atoms with Crippen molar-refractivity contribution in [2.24, 2.45) is 5.41 Å². The average molecular weight is 419 g/mol. The van der Waals surface area contributed by atoms with E-state index >= 15 is 0 Å². The molecule has 2 rings (SSSR count). The smallest absolute Gasteiger partial charge is 0.410 e. The van der Waals surface area contributed by atoms with Crippen LogP contribution >= 0.6 is 0 Å². The molecule has 1 aromatic carbocycles. The second-order valence-corrected chi connectivity index (χ2v) is 9.69. The summed E-state index contributed by atoms with van der Waals surface area (Å²) in [4.78, 5) is 39.1. The van der Waals surface area contributed by atoms with Crippen LogP contribution in [-0.2, 0) is 25.7 Å². The fourth-order valence-corrected chi connectivity index (χ4v) is 3.19. The standard InChI is InChI=1S/C23H34N2O5/c1-22(2,3)19(26)13-24-20(27)18-12-17(30-23(4,5)6)14-25(18)21(28)29-15-16-10-8-7-9-11-16/h7-11,17-18H,12-15H2,1-6H3,(H,24,27). The van der Waals surface area contributed by atoms with Crippen molar-refractivity contribution < 1.29 is 23.9 Å². The van der Waals surface area contributed by atoms with E-state index in [0.29, 0.717) is 6.42 Å². The molecule has 1 fully saturated rings. The number of rotatable bonds is 6. The summed E-state index contributed by atoms with van der Waals surface area (Å²) in [5, 5.41) is 2.68. The van der Waals surface area contributed by atoms with Crippen molar-refractivity contribution >= 4 is 17.8 Å². The van der Waals surface area contributed by atoms with Crippen molar-refractivity contribution in [2.45, 2.75) is 72.3 Å². The normalized spacial score (nSPS) is 19.5. The van der Waals surface area contributed by atoms with Gasteiger partial charge in [-0.05, 0) is 26.3 Å². The molecule has 2 atom stereocenters. The van der Waals surface area contributed by atoms with Crippen LogP contribution in [0.3, 0.4) is 0 Å². The molecule has 2 amide bonds. The van der Waals surface area contributed by atoms with Gasteiger partial charge in [-0.2, -0.15) is 0 Å². The van der Waals surface area contributed by atoms with Gasteiger partial charge in [-0.15, -0.1) is 0 Å². The Hall–Kier alpha value is -2.41. The number of hydrogen-bond acceptors (Lipinski definition) is 5. The molecule has 0 saturated carbocycles. The van der Waals surface area contributed by atoms with E-state index in [1.165, 1.54) is 4.90 Å². The number of benzene rings is 1. The maximum Gasteiger partial charge on any atom is 0.410 e. The summed E-state index contributed by atoms with van der Waals surface area (Å²) in [6.07, 6.45) is -0.503. The van der Waals surface area contributed by atoms with Crippen LogP contribution in [0.5, 0.6) is 0 Å². The molecule has 0 spiro atoms. The van der Waals surface area contributed by atoms with Crippen molar-refractivity contribution in [2.75, 3.05) is 13.1 Å². The molecule has 30 heavy (non-hydrogen) atoms. The first-order valence-corrected chi connectivity index (χ1v) is 10.3. The Bertz CT molecular complexity index is 749. The number of hydrogen-bond donors (Lipinski definition) is 1. The fraction of sp³-hybridized carbons (Fsp3) is 0.609. The van der Waals surface area contributed by atoms with Crippen LogP contribution in [0.4, 0.5) is 4.79 Å². The Morgan fingerprint density at radius 1 is 1.07 bits per heavy atom. The van der Waals surface area contributed by atoms with E-state index < -0.39 is 23.2 Å². The predicted molar refractivity (Wildman–Crippen MR) is 114 cm³/mol. The number of amides is 2. The molecule has 166 valence electrons. The van der Waals surface area contributed by atoms with E-state index in [2.05, 4.69) is 5.32 Å². The van der Waals surface area contributed by atoms with Gasteiger partial charge in [-0.3, -0.25) is 14.5 Å². The van der Waals surface area contributed by atoms with Gasteiger partial charge in [0.1, 0.15) is 12.6 Å². The minimum Gasteiger partial charge on any atom is -0.445 e. The van der Waals surface area contributed by atoms with Crippen LogP contribution in [0.15, 0.2) is 30.3 Å². The Balaban J connectivity index is 2.05. The first-order valence-electron chi connectivity index (χ1n) is 10.3. The van der Waals surface area contributed by atoms with E-state index in [1.54, 1.807) is 20.8 Å². The lowest BCUT2D eigenvalue weighted by Gasteiger charge is -2.25. The first-order chi connectivity index (χ1) is 13.9. The van der Waals surface area contributed by atoms with Crippen LogP contribution in [0, 0.1) is 5.41 Å². The fourth-order valence-electron chi connectivity index (χ4n) is 3.19. The summed E-state index contributed by atoms with van der Waals surface area (Å²) < 4.78 is 11.4. The molecule has 7 heteroatoms. The number of nitrogens with zero attached hydrogens (tertiary/aromatic N) is 1. The van der Waals surface area contributed by atoms with Crippen LogP contribution in [0.2, 0.25) is 0 Å². The predicted octanol–water partition coefficient (Wildman–Crippen LogP) is 3.31. The highest BCUT2D eigenvalue weighted by molar-refractivity contribution is 5.92. The maximum atomic E-state index is 12.8. The summed E-state index contributed by atoms with van der Waals surface area (Å²) in [6, 6.07) is 8.62. The molecule has 1 aliphatic heterocycles. The van der Waals surface area contributed by atoms with Gasteiger partial charge in [-0.1, -0.05) is 51.1 Å². The summed E-state index contributed by atoms with van der Waals surface area (Å²) in [5.74, 6) is -0.446. The lowest BCUT2D eigenvalue weighted by Crippen LogP contribution is -2.48. The molecule has 1 saturated heterocycles. The highest BCUT2D eigenvalue weighted by Crippen LogP contribution is 2.26. The number of carbonyl (C=O) groups is 3. The molecular formula is C23H34N2O5. The maximum absolute atomic E-state index is 12.8. The molecule has 2 unspecified atom stereocenters. The number of ether oxygens (including phenoxy) is 2. The van der Waals surface area contributed by atoms with E-state index in [0.717, 1.165) is 5.56 Å². The van der Waals surface area contributed by atoms with E-state index in [9.17, 15) is 14.4 Å². The second kappa shape index (κ2) is 9.60. The largest absolute Gasteiger partial charge is 0.445 e. The highest BCUT2D eigenvalue weighted by atomic mass is 16.6. The van der Waals surface area contributed by atoms with Gasteiger partial charge in [0.2, 0.25) is 5.91 Å². The SMILES string of the molecule is CC(C)(C)OC1CC(C(=O)NCC(=O)C(C)(C)C)N(C(=O)OCc2ccccc2)C1. The monoisotopic (exact) mass is 418 g/mol. The van der Waals surface area contributed by atoms with Gasteiger partial charge >= 0.3 is 6.09 Å². The van der Waals surface area contributed by atoms with Gasteiger partial charge in [0.05, 0.1) is 24.8 Å². The molecule has 0 bridgehead atoms. The number of nitrogens with one attached hydrogen (secondary N) is 1. The third kappa shape index (κ3) is 7.13. The summed E-state index contributed by atoms with van der Waals surface area (Å²) in [7, 11) is 0. The zero-order valence-electron chi connectivity index (χ0n) is 18.9. The Labute approximate surface area is 179 Å². The number of carbonyl (C=O) groups excluding carboxylic acids is 3. The van der Waals surface area contributed by atoms with Crippen molar-refractivity contribution in [3.05, 3.63) is 35.9 Å². The van der Waals surface area contributed by atoms with Crippen molar-refractivity contribution in [1.82, 2.24) is 10.2 Å². The third-order valence-corrected chi connectivity index (χ3v) is 4.78. The summed E-state index contributed by atoms with van der Waals surface area (Å²) in [5.41, 5.74) is -0.0863. The van der Waals surface area contributed by atoms with Gasteiger partial charge in [-0.25, -0.2) is 4.79 Å². The highest BCUT2D eigenvalue weighted by Gasteiger charge is 2.42. The van der Waals surface area contributed by atoms with Crippen LogP contribution in [-0.4, -0.2) is 53.5 Å². The quantitative estimate of drug-likeness (QED) is 0.766. The number of ketones is 1. The van der Waals surface area contributed by atoms with E-state index in [4.69, 9.17) is 9.47 Å². The van der Waals surface area contributed by atoms with Gasteiger partial charge in [0.15, 0.2) is 5.78 Å². The lowest BCUT2D eigenvalue weighted by molar-refractivity contribution is -0.130. The zero-order chi connectivity index (χ0) is 22.5. The molecule has 1 heterocycles. The van der Waals surface area contributed by atoms with Gasteiger partial charge in [0, 0.05) is 11.8 Å². The van der Waals surface area contributed by atoms with Crippen LogP contribution in [0.1, 0.15) is 53.5 Å². The molecule has 1 aromatic rings. The Morgan fingerprint density at radius 2 is 1.70 bits per heavy atom. The summed E-state index contributed by atoms with van der Waals surface area (Å²) in [6.45, 7) is 11.5. The summed E-state index contributed by atoms with van der Waals surface area (Å²) >= 11 is 0. The van der Waals surface area contributed by atoms with E-state index in [-0.39, 0.29) is 37.5 Å². The molecule has 0 aliphatic carbocycles. The molecular weight excluding hydrogens is 384 g/mol. The Morgan fingerprint density at radius 3 is 2.27 bits per heavy atom. The number of Topliss-reactive ketones (excluding diaryl/α,β-unsaturated/α-hetero) is 1. The van der Waals surface area contributed by atoms with Gasteiger partial charge in [0.25, 0.3) is 0 Å². The van der Waals surface area contributed by atoms with Crippen molar-refractivity contribution in [3.8, 4) is 0 Å². The third-order valence-electron chi connectivity index (χ3n) is 4.78. The van der Waals surface area contributed by atoms with Gasteiger partial charge < -0.3 is 14.8 Å². The van der Waals surface area contributed by atoms with Crippen LogP contribution in [0.25, 0.3) is 0 Å². The minimum atomic E-state index is -0.742. The first kappa shape index (κ1) is 23.9. The molecule has 0 radical (unpaired) electrons. The van der Waals surface area contributed by atoms with E-state index in [1.807, 2.05) is 51.1 Å². The van der Waals surface area contributed by atoms with Crippen LogP contribution < -0.4 is 5.32 Å². The number of likely N-dealkylation sites (tertiary alicyclic amines) is 1. The average Bonchev–Trinajstić information content (AvgIpc) is 3.06. The molecule has 1 aliphatic rings. The zero-order valence-corrected chi connectivity index (χ0v) is 18.9. The van der Waals surface area contributed by atoms with Crippen molar-refractivity contribution in [3.63, 3.8) is 0 Å². The lowest BCUT2D eigenvalue weighted by atomic mass is 9.91. The Kier molecular flexibility index (Phi) is 7.64.